The third-order valence-electron chi connectivity index (χ3n) is 2.31. The third kappa shape index (κ3) is 3.77. The van der Waals surface area contributed by atoms with Crippen LogP contribution in [0.3, 0.4) is 0 Å². The molecule has 7 heteroatoms. The first kappa shape index (κ1) is 13.0. The number of amides is 1. The molecule has 0 atom stereocenters. The first-order valence-corrected chi connectivity index (χ1v) is 5.68. The molecule has 1 aromatic carbocycles. The van der Waals surface area contributed by atoms with Gasteiger partial charge in [-0.25, -0.2) is 4.39 Å². The van der Waals surface area contributed by atoms with Crippen molar-refractivity contribution in [1.82, 2.24) is 20.3 Å². The number of ether oxygens (including phenoxy) is 1. The zero-order chi connectivity index (χ0) is 13.7. The Morgan fingerprint density at radius 3 is 2.79 bits per heavy atom. The molecule has 0 aliphatic carbocycles. The molecular weight excluding hydrogens is 251 g/mol. The molecule has 0 radical (unpaired) electrons. The fourth-order valence-corrected chi connectivity index (χ4v) is 1.41. The van der Waals surface area contributed by atoms with Gasteiger partial charge in [-0.3, -0.25) is 9.48 Å². The van der Waals surface area contributed by atoms with Crippen molar-refractivity contribution in [2.24, 2.45) is 7.05 Å². The molecule has 0 unspecified atom stereocenters. The Bertz CT molecular complexity index is 553. The van der Waals surface area contributed by atoms with E-state index in [2.05, 4.69) is 15.6 Å². The second kappa shape index (κ2) is 5.94. The number of nitrogens with one attached hydrogen (secondary N) is 1. The molecule has 1 amide bonds. The van der Waals surface area contributed by atoms with Crippen molar-refractivity contribution in [3.05, 3.63) is 42.0 Å². The highest BCUT2D eigenvalue weighted by molar-refractivity contribution is 5.91. The van der Waals surface area contributed by atoms with Gasteiger partial charge in [0.1, 0.15) is 18.2 Å². The second-order valence-electron chi connectivity index (χ2n) is 3.84. The summed E-state index contributed by atoms with van der Waals surface area (Å²) < 4.78 is 19.4. The highest BCUT2D eigenvalue weighted by Crippen LogP contribution is 2.10. The van der Waals surface area contributed by atoms with E-state index in [0.29, 0.717) is 12.3 Å². The van der Waals surface area contributed by atoms with Crippen molar-refractivity contribution in [2.45, 2.75) is 0 Å². The molecule has 0 spiro atoms. The lowest BCUT2D eigenvalue weighted by Gasteiger charge is -2.06. The Hall–Kier alpha value is -2.44. The average Bonchev–Trinajstić information content (AvgIpc) is 2.83. The normalized spacial score (nSPS) is 10.2. The van der Waals surface area contributed by atoms with Crippen molar-refractivity contribution < 1.29 is 13.9 Å². The number of hydrogen-bond acceptors (Lipinski definition) is 4. The Labute approximate surface area is 109 Å². The van der Waals surface area contributed by atoms with E-state index in [9.17, 15) is 9.18 Å². The largest absolute Gasteiger partial charge is 0.492 e. The lowest BCUT2D eigenvalue weighted by atomic mass is 10.3. The smallest absolute Gasteiger partial charge is 0.273 e. The van der Waals surface area contributed by atoms with Crippen molar-refractivity contribution >= 4 is 5.91 Å². The highest BCUT2D eigenvalue weighted by Gasteiger charge is 2.08. The Morgan fingerprint density at radius 1 is 1.42 bits per heavy atom. The molecule has 2 rings (SSSR count). The minimum Gasteiger partial charge on any atom is -0.492 e. The van der Waals surface area contributed by atoms with Crippen molar-refractivity contribution in [2.75, 3.05) is 13.2 Å². The molecule has 19 heavy (non-hydrogen) atoms. The van der Waals surface area contributed by atoms with Crippen LogP contribution >= 0.6 is 0 Å². The van der Waals surface area contributed by atoms with Crippen LogP contribution in [-0.2, 0) is 7.05 Å². The second-order valence-corrected chi connectivity index (χ2v) is 3.84. The van der Waals surface area contributed by atoms with Gasteiger partial charge in [0, 0.05) is 7.05 Å². The summed E-state index contributed by atoms with van der Waals surface area (Å²) in [6.45, 7) is 0.615. The van der Waals surface area contributed by atoms with Crippen molar-refractivity contribution in [3.63, 3.8) is 0 Å². The summed E-state index contributed by atoms with van der Waals surface area (Å²) in [6.07, 6.45) is 1.52. The highest BCUT2D eigenvalue weighted by atomic mass is 19.1. The third-order valence-corrected chi connectivity index (χ3v) is 2.31. The van der Waals surface area contributed by atoms with Crippen LogP contribution in [0.15, 0.2) is 30.5 Å². The van der Waals surface area contributed by atoms with Crippen molar-refractivity contribution in [1.29, 1.82) is 0 Å². The Balaban J connectivity index is 1.72. The molecule has 0 aliphatic rings. The predicted molar refractivity (Wildman–Crippen MR) is 65.2 cm³/mol. The van der Waals surface area contributed by atoms with Crippen LogP contribution in [0.4, 0.5) is 4.39 Å². The SMILES string of the molecule is Cn1cc(C(=O)NCCOc2ccc(F)cc2)nn1. The maximum atomic E-state index is 12.6. The molecule has 6 nitrogen and oxygen atoms in total. The molecule has 1 N–H and O–H groups in total. The van der Waals surface area contributed by atoms with E-state index in [0.717, 1.165) is 0 Å². The van der Waals surface area contributed by atoms with Crippen LogP contribution < -0.4 is 10.1 Å². The van der Waals surface area contributed by atoms with Gasteiger partial charge in [-0.2, -0.15) is 0 Å². The zero-order valence-corrected chi connectivity index (χ0v) is 10.3. The van der Waals surface area contributed by atoms with Gasteiger partial charge >= 0.3 is 0 Å². The van der Waals surface area contributed by atoms with E-state index in [-0.39, 0.29) is 24.0 Å². The zero-order valence-electron chi connectivity index (χ0n) is 10.3. The minimum absolute atomic E-state index is 0.254. The number of halogens is 1. The first-order chi connectivity index (χ1) is 9.15. The van der Waals surface area contributed by atoms with E-state index >= 15 is 0 Å². The lowest BCUT2D eigenvalue weighted by molar-refractivity contribution is 0.0942. The van der Waals surface area contributed by atoms with Crippen LogP contribution in [0.5, 0.6) is 5.75 Å². The number of aromatic nitrogens is 3. The number of carbonyl (C=O) groups is 1. The maximum absolute atomic E-state index is 12.6. The number of nitrogens with zero attached hydrogens (tertiary/aromatic N) is 3. The topological polar surface area (TPSA) is 69.0 Å². The van der Waals surface area contributed by atoms with E-state index in [1.54, 1.807) is 7.05 Å². The molecule has 0 fully saturated rings. The van der Waals surface area contributed by atoms with E-state index in [4.69, 9.17) is 4.74 Å². The molecule has 0 bridgehead atoms. The predicted octanol–water partition coefficient (Wildman–Crippen LogP) is 0.763. The van der Waals surface area contributed by atoms with Gasteiger partial charge in [0.15, 0.2) is 5.69 Å². The monoisotopic (exact) mass is 264 g/mol. The molecule has 0 saturated carbocycles. The number of hydrogen-bond donors (Lipinski definition) is 1. The van der Waals surface area contributed by atoms with Gasteiger partial charge in [-0.15, -0.1) is 5.10 Å². The summed E-state index contributed by atoms with van der Waals surface area (Å²) in [6, 6.07) is 5.68. The average molecular weight is 264 g/mol. The fraction of sp³-hybridized carbons (Fsp3) is 0.250. The van der Waals surface area contributed by atoms with Gasteiger partial charge in [0.25, 0.3) is 5.91 Å². The van der Waals surface area contributed by atoms with Gasteiger partial charge < -0.3 is 10.1 Å². The Morgan fingerprint density at radius 2 is 2.16 bits per heavy atom. The maximum Gasteiger partial charge on any atom is 0.273 e. The minimum atomic E-state index is -0.316. The quantitative estimate of drug-likeness (QED) is 0.810. The van der Waals surface area contributed by atoms with Crippen LogP contribution in [0, 0.1) is 5.82 Å². The van der Waals surface area contributed by atoms with Crippen molar-refractivity contribution in [3.8, 4) is 5.75 Å². The molecule has 2 aromatic rings. The summed E-state index contributed by atoms with van der Waals surface area (Å²) in [5.74, 6) is -0.0748. The summed E-state index contributed by atoms with van der Waals surface area (Å²) >= 11 is 0. The molecule has 0 saturated heterocycles. The van der Waals surface area contributed by atoms with Gasteiger partial charge in [0.05, 0.1) is 12.7 Å². The fourth-order valence-electron chi connectivity index (χ4n) is 1.41. The van der Waals surface area contributed by atoms with Gasteiger partial charge in [-0.05, 0) is 24.3 Å². The number of aryl methyl sites for hydroxylation is 1. The standard InChI is InChI=1S/C12H13FN4O2/c1-17-8-11(15-16-17)12(18)14-6-7-19-10-4-2-9(13)3-5-10/h2-5,8H,6-7H2,1H3,(H,14,18). The molecule has 0 aliphatic heterocycles. The number of carbonyl (C=O) groups excluding carboxylic acids is 1. The first-order valence-electron chi connectivity index (χ1n) is 5.68. The van der Waals surface area contributed by atoms with Crippen LogP contribution in [0.25, 0.3) is 0 Å². The molecular formula is C12H13FN4O2. The summed E-state index contributed by atoms with van der Waals surface area (Å²) in [5, 5.41) is 9.98. The Kier molecular flexibility index (Phi) is 4.07. The van der Waals surface area contributed by atoms with E-state index in [1.807, 2.05) is 0 Å². The lowest BCUT2D eigenvalue weighted by Crippen LogP contribution is -2.28. The molecule has 100 valence electrons. The molecule has 1 heterocycles. The number of rotatable bonds is 5. The van der Waals surface area contributed by atoms with Gasteiger partial charge in [0.2, 0.25) is 0 Å². The summed E-state index contributed by atoms with van der Waals surface area (Å²) in [4.78, 5) is 11.6. The molecule has 1 aromatic heterocycles. The van der Waals surface area contributed by atoms with E-state index < -0.39 is 0 Å². The van der Waals surface area contributed by atoms with Crippen LogP contribution in [0.1, 0.15) is 10.5 Å². The van der Waals surface area contributed by atoms with Gasteiger partial charge in [-0.1, -0.05) is 5.21 Å². The summed E-state index contributed by atoms with van der Waals surface area (Å²) in [5.41, 5.74) is 0.254. The van der Waals surface area contributed by atoms with E-state index in [1.165, 1.54) is 35.1 Å². The van der Waals surface area contributed by atoms with Crippen LogP contribution in [0.2, 0.25) is 0 Å². The number of benzene rings is 1. The van der Waals surface area contributed by atoms with Crippen LogP contribution in [-0.4, -0.2) is 34.1 Å². The summed E-state index contributed by atoms with van der Waals surface area (Å²) in [7, 11) is 1.68.